The van der Waals surface area contributed by atoms with Crippen molar-refractivity contribution in [1.29, 1.82) is 0 Å². The number of anilines is 1. The Kier molecular flexibility index (Phi) is 6.96. The predicted molar refractivity (Wildman–Crippen MR) is 148 cm³/mol. The van der Waals surface area contributed by atoms with Gasteiger partial charge in [-0.05, 0) is 48.4 Å². The SMILES string of the molecule is COc1cccc([C@H]2C(C(=O)Nc3ccccc3)=C(C)N=c3s/c(=C/C=C/c4ccccc4)c(=O)n32)c1. The molecule has 1 aromatic heterocycles. The summed E-state index contributed by atoms with van der Waals surface area (Å²) in [6.07, 6.45) is 5.60. The molecule has 1 atom stereocenters. The van der Waals surface area contributed by atoms with E-state index in [0.29, 0.717) is 32.0 Å². The molecule has 7 heteroatoms. The third-order valence-electron chi connectivity index (χ3n) is 6.04. The number of aromatic nitrogens is 1. The Morgan fingerprint density at radius 3 is 2.49 bits per heavy atom. The number of benzene rings is 3. The number of hydrogen-bond acceptors (Lipinski definition) is 5. The van der Waals surface area contributed by atoms with Crippen LogP contribution in [0.5, 0.6) is 5.75 Å². The molecule has 0 unspecified atom stereocenters. The van der Waals surface area contributed by atoms with E-state index in [9.17, 15) is 9.59 Å². The van der Waals surface area contributed by atoms with Crippen molar-refractivity contribution in [2.24, 2.45) is 4.99 Å². The first-order valence-electron chi connectivity index (χ1n) is 11.8. The summed E-state index contributed by atoms with van der Waals surface area (Å²) >= 11 is 1.31. The second kappa shape index (κ2) is 10.6. The summed E-state index contributed by atoms with van der Waals surface area (Å²) in [4.78, 5) is 32.5. The second-order valence-corrected chi connectivity index (χ2v) is 9.48. The zero-order valence-electron chi connectivity index (χ0n) is 20.4. The zero-order valence-corrected chi connectivity index (χ0v) is 21.2. The summed E-state index contributed by atoms with van der Waals surface area (Å²) in [6.45, 7) is 1.81. The van der Waals surface area contributed by atoms with Crippen molar-refractivity contribution in [1.82, 2.24) is 4.57 Å². The van der Waals surface area contributed by atoms with Crippen molar-refractivity contribution in [3.63, 3.8) is 0 Å². The molecule has 1 amide bonds. The number of hydrogen-bond donors (Lipinski definition) is 1. The van der Waals surface area contributed by atoms with Crippen LogP contribution in [0.25, 0.3) is 12.2 Å². The molecule has 1 aliphatic rings. The first-order valence-corrected chi connectivity index (χ1v) is 12.6. The molecule has 0 fully saturated rings. The van der Waals surface area contributed by atoms with Gasteiger partial charge < -0.3 is 10.1 Å². The Balaban J connectivity index is 1.63. The number of methoxy groups -OCH3 is 1. The maximum Gasteiger partial charge on any atom is 0.271 e. The number of para-hydroxylation sites is 1. The average Bonchev–Trinajstić information content (AvgIpc) is 3.23. The lowest BCUT2D eigenvalue weighted by Gasteiger charge is -2.25. The van der Waals surface area contributed by atoms with Crippen LogP contribution in [-0.2, 0) is 4.79 Å². The molecule has 1 N–H and O–H groups in total. The highest BCUT2D eigenvalue weighted by Crippen LogP contribution is 2.32. The van der Waals surface area contributed by atoms with E-state index >= 15 is 0 Å². The molecular formula is C30H25N3O3S. The van der Waals surface area contributed by atoms with E-state index in [0.717, 1.165) is 11.1 Å². The quantitative estimate of drug-likeness (QED) is 0.416. The van der Waals surface area contributed by atoms with Gasteiger partial charge >= 0.3 is 0 Å². The van der Waals surface area contributed by atoms with Crippen LogP contribution in [0.2, 0.25) is 0 Å². The molecule has 0 saturated heterocycles. The molecular weight excluding hydrogens is 482 g/mol. The fourth-order valence-corrected chi connectivity index (χ4v) is 5.28. The van der Waals surface area contributed by atoms with E-state index in [1.807, 2.05) is 97.1 Å². The molecule has 0 radical (unpaired) electrons. The Morgan fingerprint density at radius 1 is 1.03 bits per heavy atom. The Morgan fingerprint density at radius 2 is 1.76 bits per heavy atom. The van der Waals surface area contributed by atoms with Crippen molar-refractivity contribution in [2.75, 3.05) is 12.4 Å². The lowest BCUT2D eigenvalue weighted by Crippen LogP contribution is -2.40. The minimum absolute atomic E-state index is 0.202. The van der Waals surface area contributed by atoms with Crippen LogP contribution in [0.3, 0.4) is 0 Å². The molecule has 3 aromatic carbocycles. The van der Waals surface area contributed by atoms with Crippen LogP contribution >= 0.6 is 11.3 Å². The number of nitrogens with zero attached hydrogens (tertiary/aromatic N) is 2. The molecule has 0 spiro atoms. The van der Waals surface area contributed by atoms with Gasteiger partial charge in [-0.1, -0.05) is 84.2 Å². The number of carbonyl (C=O) groups excluding carboxylic acids is 1. The van der Waals surface area contributed by atoms with Gasteiger partial charge in [0.15, 0.2) is 4.80 Å². The van der Waals surface area contributed by atoms with E-state index in [-0.39, 0.29) is 11.5 Å². The van der Waals surface area contributed by atoms with Gasteiger partial charge in [-0.15, -0.1) is 0 Å². The normalized spacial score (nSPS) is 15.4. The Labute approximate surface area is 218 Å². The van der Waals surface area contributed by atoms with E-state index in [4.69, 9.17) is 4.74 Å². The number of amides is 1. The smallest absolute Gasteiger partial charge is 0.271 e. The fourth-order valence-electron chi connectivity index (χ4n) is 4.28. The van der Waals surface area contributed by atoms with Crippen molar-refractivity contribution in [3.05, 3.63) is 133 Å². The molecule has 0 saturated carbocycles. The molecule has 4 aromatic rings. The van der Waals surface area contributed by atoms with Crippen LogP contribution in [0, 0.1) is 0 Å². The number of rotatable bonds is 6. The van der Waals surface area contributed by atoms with Crippen LogP contribution in [-0.4, -0.2) is 17.6 Å². The summed E-state index contributed by atoms with van der Waals surface area (Å²) in [5, 5.41) is 2.96. The van der Waals surface area contributed by atoms with Crippen LogP contribution in [0.4, 0.5) is 5.69 Å². The summed E-state index contributed by atoms with van der Waals surface area (Å²) in [5.74, 6) is 0.335. The van der Waals surface area contributed by atoms with Crippen LogP contribution in [0.15, 0.2) is 112 Å². The largest absolute Gasteiger partial charge is 0.497 e. The molecule has 0 bridgehead atoms. The fraction of sp³-hybridized carbons (Fsp3) is 0.100. The monoisotopic (exact) mass is 507 g/mol. The lowest BCUT2D eigenvalue weighted by atomic mass is 9.95. The van der Waals surface area contributed by atoms with Gasteiger partial charge in [0.2, 0.25) is 0 Å². The molecule has 184 valence electrons. The molecule has 0 aliphatic carbocycles. The maximum absolute atomic E-state index is 13.7. The third kappa shape index (κ3) is 5.08. The van der Waals surface area contributed by atoms with Gasteiger partial charge in [0.05, 0.1) is 29.0 Å². The predicted octanol–water partition coefficient (Wildman–Crippen LogP) is 4.55. The molecule has 37 heavy (non-hydrogen) atoms. The highest BCUT2D eigenvalue weighted by Gasteiger charge is 2.32. The number of nitrogens with one attached hydrogen (secondary N) is 1. The molecule has 5 rings (SSSR count). The topological polar surface area (TPSA) is 72.7 Å². The van der Waals surface area contributed by atoms with E-state index in [2.05, 4.69) is 10.3 Å². The van der Waals surface area contributed by atoms with E-state index < -0.39 is 6.04 Å². The highest BCUT2D eigenvalue weighted by molar-refractivity contribution is 7.07. The van der Waals surface area contributed by atoms with Crippen molar-refractivity contribution >= 4 is 35.1 Å². The van der Waals surface area contributed by atoms with Crippen molar-refractivity contribution in [3.8, 4) is 5.75 Å². The van der Waals surface area contributed by atoms with E-state index in [1.165, 1.54) is 11.3 Å². The maximum atomic E-state index is 13.7. The van der Waals surface area contributed by atoms with Gasteiger partial charge in [-0.25, -0.2) is 4.99 Å². The first-order chi connectivity index (χ1) is 18.0. The number of ether oxygens (including phenoxy) is 1. The number of carbonyl (C=O) groups is 1. The summed E-state index contributed by atoms with van der Waals surface area (Å²) in [7, 11) is 1.59. The van der Waals surface area contributed by atoms with Gasteiger partial charge in [-0.2, -0.15) is 0 Å². The molecule has 1 aliphatic heterocycles. The third-order valence-corrected chi connectivity index (χ3v) is 7.04. The van der Waals surface area contributed by atoms with E-state index in [1.54, 1.807) is 24.7 Å². The number of allylic oxidation sites excluding steroid dienone is 2. The summed E-state index contributed by atoms with van der Waals surface area (Å²) in [6, 6.07) is 25.9. The number of thiazole rings is 1. The summed E-state index contributed by atoms with van der Waals surface area (Å²) < 4.78 is 7.59. The minimum atomic E-state index is -0.657. The molecule has 6 nitrogen and oxygen atoms in total. The van der Waals surface area contributed by atoms with Gasteiger partial charge in [0.1, 0.15) is 5.75 Å². The van der Waals surface area contributed by atoms with Crippen molar-refractivity contribution in [2.45, 2.75) is 13.0 Å². The lowest BCUT2D eigenvalue weighted by molar-refractivity contribution is -0.113. The zero-order chi connectivity index (χ0) is 25.8. The summed E-state index contributed by atoms with van der Waals surface area (Å²) in [5.41, 5.74) is 3.24. The van der Waals surface area contributed by atoms with Gasteiger partial charge in [0, 0.05) is 5.69 Å². The minimum Gasteiger partial charge on any atom is -0.497 e. The highest BCUT2D eigenvalue weighted by atomic mass is 32.1. The van der Waals surface area contributed by atoms with Gasteiger partial charge in [0.25, 0.3) is 11.5 Å². The number of fused-ring (bicyclic) bond motifs is 1. The average molecular weight is 508 g/mol. The first kappa shape index (κ1) is 24.2. The molecule has 2 heterocycles. The van der Waals surface area contributed by atoms with Crippen LogP contribution < -0.4 is 24.9 Å². The second-order valence-electron chi connectivity index (χ2n) is 8.47. The van der Waals surface area contributed by atoms with Gasteiger partial charge in [-0.3, -0.25) is 14.2 Å². The van der Waals surface area contributed by atoms with Crippen molar-refractivity contribution < 1.29 is 9.53 Å². The Hall–Kier alpha value is -4.49. The standard InChI is InChI=1S/C30H25N3O3S/c1-20-26(28(34)32-23-15-7-4-8-16-23)27(22-14-10-17-24(19-22)36-2)33-29(35)25(37-30(33)31-20)18-9-13-21-11-5-3-6-12-21/h3-19,27H,1-2H3,(H,32,34)/b13-9+,25-18+/t27-/m0/s1. The Bertz CT molecular complexity index is 1680. The van der Waals surface area contributed by atoms with Crippen LogP contribution in [0.1, 0.15) is 24.1 Å².